The number of hydrogen-bond acceptors (Lipinski definition) is 11. The molecular formula is C26H30N4O11. The summed E-state index contributed by atoms with van der Waals surface area (Å²) in [6.45, 7) is 2.78. The number of fused-ring (bicyclic) bond motifs is 3. The molecule has 3 amide bonds. The summed E-state index contributed by atoms with van der Waals surface area (Å²) in [7, 11) is 2.79. The Balaban J connectivity index is 1.83. The Kier molecular flexibility index (Phi) is 7.27. The van der Waals surface area contributed by atoms with Crippen LogP contribution in [0.1, 0.15) is 35.7 Å². The molecule has 0 aliphatic heterocycles. The van der Waals surface area contributed by atoms with E-state index in [9.17, 15) is 48.9 Å². The quantitative estimate of drug-likeness (QED) is 0.149. The first-order valence-electron chi connectivity index (χ1n) is 12.7. The number of nitrogens with one attached hydrogen (secondary N) is 2. The van der Waals surface area contributed by atoms with Gasteiger partial charge in [-0.05, 0) is 38.6 Å². The molecule has 15 nitrogen and oxygen atoms in total. The van der Waals surface area contributed by atoms with Crippen LogP contribution in [0.3, 0.4) is 0 Å². The van der Waals surface area contributed by atoms with Crippen LogP contribution in [0, 0.1) is 23.7 Å². The lowest BCUT2D eigenvalue weighted by atomic mass is 9.49. The average molecular weight is 575 g/mol. The first-order valence-corrected chi connectivity index (χ1v) is 12.7. The van der Waals surface area contributed by atoms with Crippen molar-refractivity contribution in [3.63, 3.8) is 0 Å². The van der Waals surface area contributed by atoms with E-state index in [1.807, 2.05) is 5.32 Å². The molecule has 7 unspecified atom stereocenters. The highest BCUT2D eigenvalue weighted by atomic mass is 16.4. The number of carbonyl (C=O) groups excluding carboxylic acids is 6. The molecule has 0 radical (unpaired) electrons. The number of nitrogens with two attached hydrogens (primary N) is 1. The standard InChI is InChI=1S/C26H30N4O11/c1-7-9-5-6-10(29-24(38)8(2)28-25(39)40)17(31)12(9)18(32)13-11(7)19(33)15-16(30(3)4)20(34)14(23(27)37)22(36)26(15,41)21(13)35/h5-8,11,13-16,19,28,31,33,41H,1-4H3,(H2,27,37)(H,29,38)(H,39,40)/t7?,8?,11?,13?,14?,15?,16-,19?,26-/m0/s1. The van der Waals surface area contributed by atoms with Crippen molar-refractivity contribution < 1.29 is 54.0 Å². The summed E-state index contributed by atoms with van der Waals surface area (Å²) in [5.41, 5.74) is 1.65. The van der Waals surface area contributed by atoms with E-state index in [1.165, 1.54) is 38.1 Å². The lowest BCUT2D eigenvalue weighted by Gasteiger charge is -2.56. The Morgan fingerprint density at radius 2 is 1.71 bits per heavy atom. The summed E-state index contributed by atoms with van der Waals surface area (Å²) in [6, 6.07) is -0.0946. The molecule has 41 heavy (non-hydrogen) atoms. The summed E-state index contributed by atoms with van der Waals surface area (Å²) in [4.78, 5) is 90.9. The molecule has 1 aromatic carbocycles. The Bertz CT molecular complexity index is 1410. The van der Waals surface area contributed by atoms with E-state index in [1.54, 1.807) is 6.92 Å². The highest BCUT2D eigenvalue weighted by molar-refractivity contribution is 6.32. The van der Waals surface area contributed by atoms with Crippen molar-refractivity contribution in [2.24, 2.45) is 29.4 Å². The summed E-state index contributed by atoms with van der Waals surface area (Å²) in [5, 5.41) is 47.3. The van der Waals surface area contributed by atoms with Crippen molar-refractivity contribution >= 4 is 46.7 Å². The fraction of sp³-hybridized carbons (Fsp3) is 0.500. The molecular weight excluding hydrogens is 544 g/mol. The van der Waals surface area contributed by atoms with Gasteiger partial charge in [-0.15, -0.1) is 0 Å². The number of hydrogen-bond donors (Lipinski definition) is 7. The largest absolute Gasteiger partial charge is 0.505 e. The van der Waals surface area contributed by atoms with Crippen LogP contribution in [0.15, 0.2) is 12.1 Å². The van der Waals surface area contributed by atoms with Crippen LogP contribution in [0.4, 0.5) is 10.5 Å². The number of aromatic hydroxyl groups is 1. The molecule has 1 aromatic rings. The van der Waals surface area contributed by atoms with Crippen molar-refractivity contribution in [3.05, 3.63) is 23.3 Å². The predicted octanol–water partition coefficient (Wildman–Crippen LogP) is -2.01. The second kappa shape index (κ2) is 10.0. The van der Waals surface area contributed by atoms with Crippen LogP contribution in [0.2, 0.25) is 0 Å². The van der Waals surface area contributed by atoms with Crippen LogP contribution in [-0.2, 0) is 24.0 Å². The number of amides is 3. The molecule has 0 saturated heterocycles. The van der Waals surface area contributed by atoms with E-state index in [0.717, 1.165) is 0 Å². The molecule has 0 bridgehead atoms. The number of rotatable bonds is 5. The molecule has 2 saturated carbocycles. The highest BCUT2D eigenvalue weighted by Crippen LogP contribution is 2.55. The van der Waals surface area contributed by atoms with Gasteiger partial charge in [0, 0.05) is 5.92 Å². The minimum Gasteiger partial charge on any atom is -0.505 e. The summed E-state index contributed by atoms with van der Waals surface area (Å²) < 4.78 is 0. The first kappa shape index (κ1) is 29.8. The predicted molar refractivity (Wildman–Crippen MR) is 137 cm³/mol. The molecule has 0 aromatic heterocycles. The van der Waals surface area contributed by atoms with Gasteiger partial charge in [0.05, 0.1) is 35.2 Å². The molecule has 3 aliphatic rings. The zero-order chi connectivity index (χ0) is 30.9. The van der Waals surface area contributed by atoms with E-state index in [0.29, 0.717) is 0 Å². The van der Waals surface area contributed by atoms with Gasteiger partial charge in [0.25, 0.3) is 0 Å². The topological polar surface area (TPSA) is 254 Å². The zero-order valence-electron chi connectivity index (χ0n) is 22.4. The van der Waals surface area contributed by atoms with Gasteiger partial charge in [-0.1, -0.05) is 13.0 Å². The van der Waals surface area contributed by atoms with Crippen molar-refractivity contribution in [1.82, 2.24) is 10.2 Å². The van der Waals surface area contributed by atoms with Crippen LogP contribution in [0.5, 0.6) is 5.75 Å². The monoisotopic (exact) mass is 574 g/mol. The molecule has 9 atom stereocenters. The Morgan fingerprint density at radius 3 is 2.24 bits per heavy atom. The number of phenols is 1. The number of benzene rings is 1. The Morgan fingerprint density at radius 1 is 1.10 bits per heavy atom. The lowest BCUT2D eigenvalue weighted by Crippen LogP contribution is -2.77. The third-order valence-electron chi connectivity index (χ3n) is 8.48. The third kappa shape index (κ3) is 4.19. The number of likely N-dealkylation sites (N-methyl/N-ethyl adjacent to an activating group) is 1. The van der Waals surface area contributed by atoms with E-state index in [2.05, 4.69) is 5.32 Å². The fourth-order valence-corrected chi connectivity index (χ4v) is 6.58. The number of nitrogens with zero attached hydrogens (tertiary/aromatic N) is 1. The first-order chi connectivity index (χ1) is 19.0. The molecule has 4 rings (SSSR count). The van der Waals surface area contributed by atoms with Gasteiger partial charge in [0.15, 0.2) is 34.7 Å². The minimum absolute atomic E-state index is 0.186. The van der Waals surface area contributed by atoms with E-state index >= 15 is 0 Å². The van der Waals surface area contributed by atoms with Gasteiger partial charge in [0.2, 0.25) is 11.8 Å². The van der Waals surface area contributed by atoms with Crippen LogP contribution in [-0.4, -0.2) is 104 Å². The van der Waals surface area contributed by atoms with Gasteiger partial charge < -0.3 is 36.8 Å². The maximum atomic E-state index is 13.9. The van der Waals surface area contributed by atoms with Crippen LogP contribution < -0.4 is 16.4 Å². The number of phenolic OH excluding ortho intramolecular Hbond substituents is 1. The summed E-state index contributed by atoms with van der Waals surface area (Å²) in [6.07, 6.45) is -3.25. The molecule has 0 spiro atoms. The minimum atomic E-state index is -3.13. The SMILES string of the molecule is CC(NC(=O)O)C(=O)Nc1ccc2c(c1O)C(=O)C1C(=O)[C@]3(O)C(=O)C(C(N)=O)C(=O)[C@@H](N(C)C)C3C(O)C1C2C. The zero-order valence-corrected chi connectivity index (χ0v) is 22.4. The molecule has 3 aliphatic carbocycles. The van der Waals surface area contributed by atoms with Crippen molar-refractivity contribution in [3.8, 4) is 5.75 Å². The van der Waals surface area contributed by atoms with Gasteiger partial charge >= 0.3 is 6.09 Å². The van der Waals surface area contributed by atoms with Gasteiger partial charge in [0.1, 0.15) is 11.8 Å². The van der Waals surface area contributed by atoms with Crippen LogP contribution >= 0.6 is 0 Å². The van der Waals surface area contributed by atoms with Gasteiger partial charge in [-0.3, -0.25) is 33.7 Å². The maximum Gasteiger partial charge on any atom is 0.405 e. The Labute approximate surface area is 232 Å². The number of Topliss-reactive ketones (excluding diaryl/α,β-unsaturated/α-hetero) is 4. The Hall–Kier alpha value is -4.21. The fourth-order valence-electron chi connectivity index (χ4n) is 6.58. The lowest BCUT2D eigenvalue weighted by molar-refractivity contribution is -0.196. The number of aliphatic hydroxyl groups is 2. The van der Waals surface area contributed by atoms with E-state index < -0.39 is 106 Å². The molecule has 15 heteroatoms. The molecule has 8 N–H and O–H groups in total. The molecule has 0 heterocycles. The number of ketones is 4. The normalized spacial score (nSPS) is 33.4. The number of primary amides is 1. The van der Waals surface area contributed by atoms with E-state index in [4.69, 9.17) is 10.8 Å². The smallest absolute Gasteiger partial charge is 0.405 e. The summed E-state index contributed by atoms with van der Waals surface area (Å²) >= 11 is 0. The third-order valence-corrected chi connectivity index (χ3v) is 8.48. The highest BCUT2D eigenvalue weighted by Gasteiger charge is 2.72. The van der Waals surface area contributed by atoms with Gasteiger partial charge in [-0.2, -0.15) is 0 Å². The summed E-state index contributed by atoms with van der Waals surface area (Å²) in [5.74, 6) is -15.8. The molecule has 220 valence electrons. The van der Waals surface area contributed by atoms with Crippen molar-refractivity contribution in [2.75, 3.05) is 19.4 Å². The second-order valence-electron chi connectivity index (χ2n) is 11.0. The second-order valence-corrected chi connectivity index (χ2v) is 11.0. The number of carboxylic acid groups (broad SMARTS) is 1. The molecule has 2 fully saturated rings. The number of carbonyl (C=O) groups is 7. The van der Waals surface area contributed by atoms with E-state index in [-0.39, 0.29) is 11.3 Å². The number of anilines is 1. The van der Waals surface area contributed by atoms with Crippen molar-refractivity contribution in [1.29, 1.82) is 0 Å². The maximum absolute atomic E-state index is 13.9. The number of aliphatic hydroxyl groups excluding tert-OH is 1. The van der Waals surface area contributed by atoms with Crippen LogP contribution in [0.25, 0.3) is 0 Å². The van der Waals surface area contributed by atoms with Gasteiger partial charge in [-0.25, -0.2) is 4.79 Å². The average Bonchev–Trinajstić information content (AvgIpc) is 2.86. The van der Waals surface area contributed by atoms with Crippen molar-refractivity contribution in [2.45, 2.75) is 43.6 Å².